The molecule has 1 heterocycles. The van der Waals surface area contributed by atoms with Crippen molar-refractivity contribution in [3.8, 4) is 0 Å². The lowest BCUT2D eigenvalue weighted by atomic mass is 9.74. The molecule has 1 unspecified atom stereocenters. The molecule has 190 valence electrons. The smallest absolute Gasteiger partial charge is 0.226 e. The van der Waals surface area contributed by atoms with E-state index in [1.54, 1.807) is 19.9 Å². The Hall–Kier alpha value is -1.82. The first kappa shape index (κ1) is 27.8. The Morgan fingerprint density at radius 1 is 1.03 bits per heavy atom. The van der Waals surface area contributed by atoms with Crippen molar-refractivity contribution in [2.75, 3.05) is 5.75 Å². The van der Waals surface area contributed by atoms with Crippen LogP contribution >= 0.6 is 23.2 Å². The van der Waals surface area contributed by atoms with Crippen molar-refractivity contribution in [1.82, 2.24) is 4.90 Å². The number of allylic oxidation sites excluding steroid dienone is 1. The van der Waals surface area contributed by atoms with Gasteiger partial charge in [-0.05, 0) is 68.0 Å². The van der Waals surface area contributed by atoms with Gasteiger partial charge in [0.2, 0.25) is 5.91 Å². The molecule has 0 spiro atoms. The standard InChI is InChI=1S/C28H35Cl2NO3S/c1-6-8-22-16-25(21-9-7-10-24(30)15-21)27(20-11-13-23(29)14-12-20)31(28(22)32)26(18(2)3)17-35(33,34)19(4)5/h6-7,9-15,18-19,22,25-27H,1,8,16-17H2,2-5H3/t22-,25+,26?,27+/m0/s1. The lowest BCUT2D eigenvalue weighted by Crippen LogP contribution is -2.55. The summed E-state index contributed by atoms with van der Waals surface area (Å²) in [7, 11) is -3.40. The van der Waals surface area contributed by atoms with Crippen LogP contribution in [0.5, 0.6) is 0 Å². The molecule has 4 nitrogen and oxygen atoms in total. The normalized spacial score (nSPS) is 22.0. The minimum Gasteiger partial charge on any atom is -0.331 e. The van der Waals surface area contributed by atoms with Crippen molar-refractivity contribution in [3.63, 3.8) is 0 Å². The van der Waals surface area contributed by atoms with Gasteiger partial charge in [-0.1, -0.05) is 67.4 Å². The van der Waals surface area contributed by atoms with E-state index in [4.69, 9.17) is 23.2 Å². The highest BCUT2D eigenvalue weighted by molar-refractivity contribution is 7.92. The van der Waals surface area contributed by atoms with Gasteiger partial charge in [0.1, 0.15) is 0 Å². The largest absolute Gasteiger partial charge is 0.331 e. The van der Waals surface area contributed by atoms with E-state index in [1.165, 1.54) is 0 Å². The number of likely N-dealkylation sites (tertiary alicyclic amines) is 1. The zero-order valence-electron chi connectivity index (χ0n) is 20.8. The molecule has 7 heteroatoms. The molecular formula is C28H35Cl2NO3S. The van der Waals surface area contributed by atoms with E-state index in [0.717, 1.165) is 11.1 Å². The zero-order valence-corrected chi connectivity index (χ0v) is 23.2. The number of benzene rings is 2. The molecule has 0 aromatic heterocycles. The number of amides is 1. The zero-order chi connectivity index (χ0) is 25.9. The van der Waals surface area contributed by atoms with E-state index >= 15 is 0 Å². The van der Waals surface area contributed by atoms with Crippen LogP contribution in [-0.4, -0.2) is 36.3 Å². The van der Waals surface area contributed by atoms with E-state index in [2.05, 4.69) is 6.58 Å². The van der Waals surface area contributed by atoms with Crippen LogP contribution in [0.2, 0.25) is 10.0 Å². The Balaban J connectivity index is 2.23. The maximum absolute atomic E-state index is 14.0. The Morgan fingerprint density at radius 2 is 1.69 bits per heavy atom. The predicted octanol–water partition coefficient (Wildman–Crippen LogP) is 7.09. The second-order valence-corrected chi connectivity index (χ2v) is 13.5. The average Bonchev–Trinajstić information content (AvgIpc) is 2.79. The number of nitrogens with zero attached hydrogens (tertiary/aromatic N) is 1. The summed E-state index contributed by atoms with van der Waals surface area (Å²) in [6.45, 7) is 11.2. The van der Waals surface area contributed by atoms with Gasteiger partial charge in [-0.15, -0.1) is 6.58 Å². The van der Waals surface area contributed by atoms with Crippen LogP contribution in [0, 0.1) is 11.8 Å². The van der Waals surface area contributed by atoms with Crippen LogP contribution in [-0.2, 0) is 14.6 Å². The topological polar surface area (TPSA) is 54.5 Å². The molecule has 1 aliphatic rings. The Bertz CT molecular complexity index is 1150. The Morgan fingerprint density at radius 3 is 2.23 bits per heavy atom. The number of carbonyl (C=O) groups is 1. The van der Waals surface area contributed by atoms with Crippen LogP contribution in [0.15, 0.2) is 61.2 Å². The first-order chi connectivity index (χ1) is 16.5. The van der Waals surface area contributed by atoms with Crippen LogP contribution in [0.4, 0.5) is 0 Å². The first-order valence-corrected chi connectivity index (χ1v) is 14.6. The van der Waals surface area contributed by atoms with Crippen LogP contribution < -0.4 is 0 Å². The maximum Gasteiger partial charge on any atom is 0.226 e. The van der Waals surface area contributed by atoms with E-state index in [1.807, 2.05) is 67.3 Å². The fourth-order valence-corrected chi connectivity index (χ4v) is 6.71. The molecule has 0 bridgehead atoms. The molecule has 2 aromatic carbocycles. The van der Waals surface area contributed by atoms with E-state index < -0.39 is 21.1 Å². The van der Waals surface area contributed by atoms with Crippen molar-refractivity contribution in [1.29, 1.82) is 0 Å². The molecule has 3 rings (SSSR count). The lowest BCUT2D eigenvalue weighted by molar-refractivity contribution is -0.147. The van der Waals surface area contributed by atoms with E-state index in [0.29, 0.717) is 22.9 Å². The summed E-state index contributed by atoms with van der Waals surface area (Å²) in [5, 5.41) is 0.711. The molecule has 0 aliphatic carbocycles. The molecule has 4 atom stereocenters. The van der Waals surface area contributed by atoms with Crippen LogP contribution in [0.1, 0.15) is 63.6 Å². The monoisotopic (exact) mass is 535 g/mol. The van der Waals surface area contributed by atoms with Crippen molar-refractivity contribution in [3.05, 3.63) is 82.4 Å². The van der Waals surface area contributed by atoms with E-state index in [9.17, 15) is 13.2 Å². The van der Waals surface area contributed by atoms with Gasteiger partial charge >= 0.3 is 0 Å². The molecule has 1 fully saturated rings. The second-order valence-electron chi connectivity index (χ2n) is 10.1. The molecule has 1 aliphatic heterocycles. The quantitative estimate of drug-likeness (QED) is 0.322. The highest BCUT2D eigenvalue weighted by Crippen LogP contribution is 2.48. The molecule has 1 amide bonds. The van der Waals surface area contributed by atoms with Gasteiger partial charge in [-0.3, -0.25) is 4.79 Å². The van der Waals surface area contributed by atoms with Crippen LogP contribution in [0.3, 0.4) is 0 Å². The fraction of sp³-hybridized carbons (Fsp3) is 0.464. The van der Waals surface area contributed by atoms with E-state index in [-0.39, 0.29) is 35.5 Å². The van der Waals surface area contributed by atoms with Crippen molar-refractivity contribution < 1.29 is 13.2 Å². The second kappa shape index (κ2) is 11.5. The average molecular weight is 537 g/mol. The minimum atomic E-state index is -3.40. The number of hydrogen-bond acceptors (Lipinski definition) is 3. The highest BCUT2D eigenvalue weighted by atomic mass is 35.5. The predicted molar refractivity (Wildman–Crippen MR) is 146 cm³/mol. The van der Waals surface area contributed by atoms with Gasteiger partial charge in [-0.25, -0.2) is 8.42 Å². The highest BCUT2D eigenvalue weighted by Gasteiger charge is 2.47. The number of carbonyl (C=O) groups excluding carboxylic acids is 1. The number of hydrogen-bond donors (Lipinski definition) is 0. The molecule has 2 aromatic rings. The summed E-state index contributed by atoms with van der Waals surface area (Å²) in [5.74, 6) is -0.532. The van der Waals surface area contributed by atoms with Crippen molar-refractivity contribution in [2.24, 2.45) is 11.8 Å². The minimum absolute atomic E-state index is 0.0271. The maximum atomic E-state index is 14.0. The SMILES string of the molecule is C=CC[C@H]1C[C@H](c2cccc(Cl)c2)[C@@H](c2ccc(Cl)cc2)N(C(CS(=O)(=O)C(C)C)C(C)C)C1=O. The van der Waals surface area contributed by atoms with Gasteiger partial charge in [0.05, 0.1) is 17.0 Å². The Labute approximate surface area is 220 Å². The van der Waals surface area contributed by atoms with Gasteiger partial charge in [-0.2, -0.15) is 0 Å². The van der Waals surface area contributed by atoms with Crippen molar-refractivity contribution >= 4 is 38.9 Å². The number of rotatable bonds is 9. The molecule has 0 N–H and O–H groups in total. The summed E-state index contributed by atoms with van der Waals surface area (Å²) in [6, 6.07) is 14.4. The van der Waals surface area contributed by atoms with Gasteiger partial charge in [0.15, 0.2) is 9.84 Å². The molecule has 35 heavy (non-hydrogen) atoms. The number of sulfone groups is 1. The third-order valence-electron chi connectivity index (χ3n) is 7.01. The molecule has 0 saturated carbocycles. The third-order valence-corrected chi connectivity index (χ3v) is 9.74. The number of halogens is 2. The fourth-order valence-electron chi connectivity index (χ4n) is 4.98. The lowest BCUT2D eigenvalue weighted by Gasteiger charge is -2.49. The molecule has 0 radical (unpaired) electrons. The number of piperidine rings is 1. The summed E-state index contributed by atoms with van der Waals surface area (Å²) >= 11 is 12.6. The van der Waals surface area contributed by atoms with Crippen LogP contribution in [0.25, 0.3) is 0 Å². The third kappa shape index (κ3) is 6.31. The summed E-state index contributed by atoms with van der Waals surface area (Å²) < 4.78 is 26.2. The van der Waals surface area contributed by atoms with Crippen molar-refractivity contribution in [2.45, 2.75) is 63.8 Å². The summed E-state index contributed by atoms with van der Waals surface area (Å²) in [6.07, 6.45) is 2.92. The molecule has 1 saturated heterocycles. The first-order valence-electron chi connectivity index (χ1n) is 12.1. The summed E-state index contributed by atoms with van der Waals surface area (Å²) in [4.78, 5) is 15.9. The van der Waals surface area contributed by atoms with Gasteiger partial charge in [0, 0.05) is 27.9 Å². The molecular weight excluding hydrogens is 501 g/mol. The Kier molecular flexibility index (Phi) is 9.11. The van der Waals surface area contributed by atoms with Gasteiger partial charge in [0.25, 0.3) is 0 Å². The summed E-state index contributed by atoms with van der Waals surface area (Å²) in [5.41, 5.74) is 1.95. The van der Waals surface area contributed by atoms with Gasteiger partial charge < -0.3 is 4.90 Å².